The van der Waals surface area contributed by atoms with Crippen molar-refractivity contribution in [3.05, 3.63) is 82.4 Å². The Balaban J connectivity index is 1.76. The topological polar surface area (TPSA) is 37.4 Å². The predicted molar refractivity (Wildman–Crippen MR) is 113 cm³/mol. The zero-order valence-electron chi connectivity index (χ0n) is 15.3. The van der Waals surface area contributed by atoms with Gasteiger partial charge in [-0.1, -0.05) is 70.9 Å². The van der Waals surface area contributed by atoms with Gasteiger partial charge in [-0.15, -0.1) is 0 Å². The maximum atomic E-state index is 13.3. The van der Waals surface area contributed by atoms with Crippen molar-refractivity contribution in [3.8, 4) is 0 Å². The number of fused-ring (bicyclic) bond motifs is 2. The normalized spacial score (nSPS) is 25.3. The molecular formula is C22H22BrNO2S. The van der Waals surface area contributed by atoms with Gasteiger partial charge in [0.1, 0.15) is 0 Å². The molecule has 5 heteroatoms. The number of sulfonamides is 1. The average molecular weight is 444 g/mol. The molecule has 3 aliphatic rings. The fraction of sp³-hybridized carbons (Fsp3) is 0.273. The summed E-state index contributed by atoms with van der Waals surface area (Å²) < 4.78 is 29.4. The van der Waals surface area contributed by atoms with Gasteiger partial charge < -0.3 is 0 Å². The lowest BCUT2D eigenvalue weighted by Crippen LogP contribution is -2.46. The quantitative estimate of drug-likeness (QED) is 0.623. The zero-order chi connectivity index (χ0) is 19.2. The lowest BCUT2D eigenvalue weighted by atomic mass is 9.88. The van der Waals surface area contributed by atoms with Crippen LogP contribution in [0, 0.1) is 18.8 Å². The maximum Gasteiger partial charge on any atom is 0.243 e. The molecule has 3 nitrogen and oxygen atoms in total. The highest BCUT2D eigenvalue weighted by atomic mass is 79.9. The summed E-state index contributed by atoms with van der Waals surface area (Å²) in [5, 5.41) is 0. The van der Waals surface area contributed by atoms with Crippen molar-refractivity contribution in [1.82, 2.24) is 4.31 Å². The molecule has 0 radical (unpaired) electrons. The average Bonchev–Trinajstić information content (AvgIpc) is 2.92. The van der Waals surface area contributed by atoms with Crippen molar-refractivity contribution >= 4 is 31.5 Å². The molecule has 2 aromatic rings. The van der Waals surface area contributed by atoms with Crippen LogP contribution in [0.1, 0.15) is 18.1 Å². The van der Waals surface area contributed by atoms with Crippen LogP contribution in [-0.2, 0) is 10.0 Å². The molecule has 0 N–H and O–H groups in total. The number of nitrogens with zero attached hydrogens (tertiary/aromatic N) is 1. The summed E-state index contributed by atoms with van der Waals surface area (Å²) >= 11 is 3.48. The molecule has 2 heterocycles. The number of halogens is 1. The minimum absolute atomic E-state index is 0.0626. The monoisotopic (exact) mass is 443 g/mol. The van der Waals surface area contributed by atoms with E-state index in [9.17, 15) is 8.42 Å². The largest absolute Gasteiger partial charge is 0.243 e. The molecule has 2 aromatic carbocycles. The van der Waals surface area contributed by atoms with Gasteiger partial charge in [-0.2, -0.15) is 4.31 Å². The van der Waals surface area contributed by atoms with E-state index >= 15 is 0 Å². The second-order valence-electron chi connectivity index (χ2n) is 7.36. The summed E-state index contributed by atoms with van der Waals surface area (Å²) in [5.74, 6) is 0.191. The van der Waals surface area contributed by atoms with E-state index in [1.165, 1.54) is 5.57 Å². The first kappa shape index (κ1) is 18.7. The SMILES string of the molecule is Cc1ccc(S(=O)(=O)N2CC3C=CC(C)C2C=C3c2ccc(Br)cc2)cc1. The van der Waals surface area contributed by atoms with E-state index < -0.39 is 10.0 Å². The van der Waals surface area contributed by atoms with E-state index in [2.05, 4.69) is 53.2 Å². The van der Waals surface area contributed by atoms with E-state index in [1.54, 1.807) is 16.4 Å². The second kappa shape index (κ2) is 7.04. The Bertz CT molecular complexity index is 1010. The summed E-state index contributed by atoms with van der Waals surface area (Å²) in [5.41, 5.74) is 3.42. The zero-order valence-corrected chi connectivity index (χ0v) is 17.7. The highest BCUT2D eigenvalue weighted by Gasteiger charge is 2.40. The van der Waals surface area contributed by atoms with Gasteiger partial charge in [0.25, 0.3) is 0 Å². The number of hydrogen-bond donors (Lipinski definition) is 0. The summed E-state index contributed by atoms with van der Waals surface area (Å²) in [6.45, 7) is 4.52. The van der Waals surface area contributed by atoms with E-state index in [0.717, 1.165) is 15.6 Å². The van der Waals surface area contributed by atoms with E-state index in [4.69, 9.17) is 0 Å². The molecule has 0 aromatic heterocycles. The van der Waals surface area contributed by atoms with Crippen molar-refractivity contribution in [2.45, 2.75) is 24.8 Å². The van der Waals surface area contributed by atoms with Crippen LogP contribution in [0.5, 0.6) is 0 Å². The molecule has 0 fully saturated rings. The van der Waals surface area contributed by atoms with Crippen LogP contribution in [0.4, 0.5) is 0 Å². The molecule has 140 valence electrons. The van der Waals surface area contributed by atoms with Crippen molar-refractivity contribution in [1.29, 1.82) is 0 Å². The molecule has 0 spiro atoms. The minimum atomic E-state index is -3.54. The number of benzene rings is 2. The summed E-state index contributed by atoms with van der Waals surface area (Å²) in [4.78, 5) is 0.367. The molecule has 3 atom stereocenters. The third-order valence-electron chi connectivity index (χ3n) is 5.45. The molecule has 0 saturated heterocycles. The molecular weight excluding hydrogens is 422 g/mol. The molecule has 3 unspecified atom stereocenters. The summed E-state index contributed by atoms with van der Waals surface area (Å²) in [6.07, 6.45) is 6.47. The minimum Gasteiger partial charge on any atom is -0.207 e. The van der Waals surface area contributed by atoms with Gasteiger partial charge in [0.05, 0.1) is 4.90 Å². The van der Waals surface area contributed by atoms with Crippen LogP contribution in [0.3, 0.4) is 0 Å². The molecule has 2 bridgehead atoms. The summed E-state index contributed by atoms with van der Waals surface area (Å²) in [6, 6.07) is 15.2. The molecule has 2 aliphatic heterocycles. The Morgan fingerprint density at radius 3 is 2.33 bits per heavy atom. The fourth-order valence-corrected chi connectivity index (χ4v) is 5.81. The number of rotatable bonds is 3. The number of hydrogen-bond acceptors (Lipinski definition) is 2. The highest BCUT2D eigenvalue weighted by Crippen LogP contribution is 2.39. The molecule has 5 rings (SSSR count). The smallest absolute Gasteiger partial charge is 0.207 e. The summed E-state index contributed by atoms with van der Waals surface area (Å²) in [7, 11) is -3.54. The third kappa shape index (κ3) is 3.44. The Labute approximate surface area is 169 Å². The van der Waals surface area contributed by atoms with Gasteiger partial charge in [-0.05, 0) is 48.2 Å². The lowest BCUT2D eigenvalue weighted by Gasteiger charge is -2.37. The van der Waals surface area contributed by atoms with Gasteiger partial charge in [-0.25, -0.2) is 8.42 Å². The molecule has 0 amide bonds. The van der Waals surface area contributed by atoms with Crippen LogP contribution in [-0.4, -0.2) is 25.3 Å². The third-order valence-corrected chi connectivity index (χ3v) is 7.86. The van der Waals surface area contributed by atoms with Crippen LogP contribution in [0.2, 0.25) is 0 Å². The van der Waals surface area contributed by atoms with E-state index in [-0.39, 0.29) is 17.9 Å². The van der Waals surface area contributed by atoms with Crippen molar-refractivity contribution < 1.29 is 8.42 Å². The molecule has 0 saturated carbocycles. The van der Waals surface area contributed by atoms with Gasteiger partial charge in [-0.3, -0.25) is 0 Å². The Kier molecular flexibility index (Phi) is 4.87. The van der Waals surface area contributed by atoms with Crippen molar-refractivity contribution in [2.24, 2.45) is 11.8 Å². The van der Waals surface area contributed by atoms with Gasteiger partial charge in [0, 0.05) is 23.0 Å². The Morgan fingerprint density at radius 1 is 1.00 bits per heavy atom. The van der Waals surface area contributed by atoms with Crippen LogP contribution >= 0.6 is 15.9 Å². The predicted octanol–water partition coefficient (Wildman–Crippen LogP) is 5.04. The standard InChI is InChI=1S/C22H22BrNO2S/c1-15-3-11-20(12-4-15)27(25,26)24-14-18-6-5-16(2)22(24)13-21(18)17-7-9-19(23)10-8-17/h3-13,16,18,22H,14H2,1-2H3. The molecule has 27 heavy (non-hydrogen) atoms. The Morgan fingerprint density at radius 2 is 1.67 bits per heavy atom. The maximum absolute atomic E-state index is 13.3. The van der Waals surface area contributed by atoms with E-state index in [1.807, 2.05) is 31.2 Å². The lowest BCUT2D eigenvalue weighted by molar-refractivity contribution is 0.308. The highest BCUT2D eigenvalue weighted by molar-refractivity contribution is 9.10. The Hall–Kier alpha value is -1.69. The number of aryl methyl sites for hydroxylation is 1. The van der Waals surface area contributed by atoms with Crippen LogP contribution in [0.25, 0.3) is 5.57 Å². The van der Waals surface area contributed by atoms with Crippen LogP contribution in [0.15, 0.2) is 76.1 Å². The fourth-order valence-electron chi connectivity index (χ4n) is 3.86. The first-order valence-corrected chi connectivity index (χ1v) is 11.3. The van der Waals surface area contributed by atoms with Crippen molar-refractivity contribution in [3.63, 3.8) is 0 Å². The second-order valence-corrected chi connectivity index (χ2v) is 10.2. The van der Waals surface area contributed by atoms with E-state index in [0.29, 0.717) is 11.4 Å². The van der Waals surface area contributed by atoms with Gasteiger partial charge in [0.2, 0.25) is 10.0 Å². The first-order chi connectivity index (χ1) is 12.9. The molecule has 1 aliphatic carbocycles. The van der Waals surface area contributed by atoms with Crippen LogP contribution < -0.4 is 0 Å². The van der Waals surface area contributed by atoms with Crippen molar-refractivity contribution in [2.75, 3.05) is 6.54 Å². The van der Waals surface area contributed by atoms with Gasteiger partial charge in [0.15, 0.2) is 0 Å². The first-order valence-electron chi connectivity index (χ1n) is 9.11. The van der Waals surface area contributed by atoms with Gasteiger partial charge >= 0.3 is 0 Å².